The molecule has 3 heterocycles. The Kier molecular flexibility index (Phi) is 4.19. The van der Waals surface area contributed by atoms with Crippen molar-refractivity contribution in [3.05, 3.63) is 66.1 Å². The lowest BCUT2D eigenvalue weighted by Crippen LogP contribution is -2.45. The Hall–Kier alpha value is -2.37. The Morgan fingerprint density at radius 2 is 1.71 bits per heavy atom. The Balaban J connectivity index is 1.32. The van der Waals surface area contributed by atoms with Gasteiger partial charge >= 0.3 is 0 Å². The van der Waals surface area contributed by atoms with Crippen LogP contribution in [0.5, 0.6) is 0 Å². The molecule has 5 nitrogen and oxygen atoms in total. The molecule has 0 spiro atoms. The maximum absolute atomic E-state index is 5.87. The number of hydrogen-bond donors (Lipinski definition) is 1. The predicted molar refractivity (Wildman–Crippen MR) is 96.6 cm³/mol. The van der Waals surface area contributed by atoms with Gasteiger partial charge in [0.25, 0.3) is 0 Å². The molecule has 0 aliphatic carbocycles. The first-order valence-electron chi connectivity index (χ1n) is 8.48. The number of piperazine rings is 1. The zero-order valence-corrected chi connectivity index (χ0v) is 13.8. The standard InChI is InChI=1S/C19H23N5/c20-17-5-3-4-16(12-17)13-22-8-10-23(11-9-22)14-18-15-24-7-2-1-6-19(24)21-18/h1-7,12,15H,8-11,13-14,20H2. The normalized spacial score (nSPS) is 16.7. The molecule has 5 heteroatoms. The first-order chi connectivity index (χ1) is 11.8. The Morgan fingerprint density at radius 3 is 2.46 bits per heavy atom. The number of nitrogens with two attached hydrogens (primary N) is 1. The highest BCUT2D eigenvalue weighted by atomic mass is 15.3. The van der Waals surface area contributed by atoms with Crippen LogP contribution < -0.4 is 5.73 Å². The minimum Gasteiger partial charge on any atom is -0.399 e. The quantitative estimate of drug-likeness (QED) is 0.749. The first kappa shape index (κ1) is 15.2. The van der Waals surface area contributed by atoms with Crippen LogP contribution >= 0.6 is 0 Å². The Morgan fingerprint density at radius 1 is 0.917 bits per heavy atom. The van der Waals surface area contributed by atoms with Gasteiger partial charge < -0.3 is 10.1 Å². The van der Waals surface area contributed by atoms with Crippen LogP contribution in [-0.4, -0.2) is 45.4 Å². The number of aromatic nitrogens is 2. The van der Waals surface area contributed by atoms with Crippen molar-refractivity contribution in [2.24, 2.45) is 0 Å². The smallest absolute Gasteiger partial charge is 0.137 e. The predicted octanol–water partition coefficient (Wildman–Crippen LogP) is 2.23. The van der Waals surface area contributed by atoms with Crippen LogP contribution in [0.1, 0.15) is 11.3 Å². The van der Waals surface area contributed by atoms with Gasteiger partial charge in [-0.3, -0.25) is 9.80 Å². The zero-order chi connectivity index (χ0) is 16.4. The van der Waals surface area contributed by atoms with Crippen molar-refractivity contribution in [2.75, 3.05) is 31.9 Å². The second kappa shape index (κ2) is 6.63. The van der Waals surface area contributed by atoms with Crippen molar-refractivity contribution in [2.45, 2.75) is 13.1 Å². The molecule has 4 rings (SSSR count). The number of nitrogens with zero attached hydrogens (tertiary/aromatic N) is 4. The molecule has 3 aromatic rings. The molecule has 1 saturated heterocycles. The van der Waals surface area contributed by atoms with Gasteiger partial charge in [0.05, 0.1) is 5.69 Å². The number of nitrogen functional groups attached to an aromatic ring is 1. The second-order valence-electron chi connectivity index (χ2n) is 6.50. The van der Waals surface area contributed by atoms with Crippen molar-refractivity contribution < 1.29 is 0 Å². The van der Waals surface area contributed by atoms with E-state index in [9.17, 15) is 0 Å². The number of anilines is 1. The van der Waals surface area contributed by atoms with Gasteiger partial charge in [-0.2, -0.15) is 0 Å². The summed E-state index contributed by atoms with van der Waals surface area (Å²) >= 11 is 0. The molecule has 0 unspecified atom stereocenters. The van der Waals surface area contributed by atoms with E-state index in [0.29, 0.717) is 0 Å². The van der Waals surface area contributed by atoms with Crippen molar-refractivity contribution in [1.29, 1.82) is 0 Å². The van der Waals surface area contributed by atoms with Crippen LogP contribution in [0, 0.1) is 0 Å². The van der Waals surface area contributed by atoms with E-state index >= 15 is 0 Å². The van der Waals surface area contributed by atoms with E-state index in [1.807, 2.05) is 30.3 Å². The second-order valence-corrected chi connectivity index (χ2v) is 6.50. The van der Waals surface area contributed by atoms with E-state index in [2.05, 4.69) is 38.7 Å². The molecular weight excluding hydrogens is 298 g/mol. The lowest BCUT2D eigenvalue weighted by Gasteiger charge is -2.34. The van der Waals surface area contributed by atoms with Crippen molar-refractivity contribution in [1.82, 2.24) is 19.2 Å². The third-order valence-corrected chi connectivity index (χ3v) is 4.62. The number of hydrogen-bond acceptors (Lipinski definition) is 4. The van der Waals surface area contributed by atoms with Gasteiger partial charge in [-0.05, 0) is 29.8 Å². The summed E-state index contributed by atoms with van der Waals surface area (Å²) in [5.41, 5.74) is 10.2. The van der Waals surface area contributed by atoms with Crippen LogP contribution in [0.3, 0.4) is 0 Å². The zero-order valence-electron chi connectivity index (χ0n) is 13.8. The number of rotatable bonds is 4. The van der Waals surface area contributed by atoms with E-state index in [-0.39, 0.29) is 0 Å². The Bertz CT molecular complexity index is 784. The summed E-state index contributed by atoms with van der Waals surface area (Å²) in [7, 11) is 0. The molecule has 2 N–H and O–H groups in total. The molecule has 0 radical (unpaired) electrons. The van der Waals surface area contributed by atoms with Gasteiger partial charge in [-0.15, -0.1) is 0 Å². The highest BCUT2D eigenvalue weighted by Gasteiger charge is 2.18. The summed E-state index contributed by atoms with van der Waals surface area (Å²) < 4.78 is 2.09. The van der Waals surface area contributed by atoms with Gasteiger partial charge in [0.1, 0.15) is 5.65 Å². The number of benzene rings is 1. The number of pyridine rings is 1. The highest BCUT2D eigenvalue weighted by Crippen LogP contribution is 2.13. The van der Waals surface area contributed by atoms with E-state index in [1.165, 1.54) is 5.56 Å². The number of imidazole rings is 1. The van der Waals surface area contributed by atoms with Gasteiger partial charge in [-0.1, -0.05) is 18.2 Å². The molecule has 0 atom stereocenters. The summed E-state index contributed by atoms with van der Waals surface area (Å²) in [5, 5.41) is 0. The summed E-state index contributed by atoms with van der Waals surface area (Å²) in [6.07, 6.45) is 4.18. The van der Waals surface area contributed by atoms with E-state index in [1.54, 1.807) is 0 Å². The minimum absolute atomic E-state index is 0.845. The topological polar surface area (TPSA) is 49.8 Å². The molecule has 1 aliphatic heterocycles. The molecule has 1 aliphatic rings. The van der Waals surface area contributed by atoms with Gasteiger partial charge in [0.15, 0.2) is 0 Å². The third kappa shape index (κ3) is 3.42. The third-order valence-electron chi connectivity index (χ3n) is 4.62. The molecule has 0 bridgehead atoms. The molecule has 124 valence electrons. The summed E-state index contributed by atoms with van der Waals surface area (Å²) in [5.74, 6) is 0. The minimum atomic E-state index is 0.845. The Labute approximate surface area is 142 Å². The molecule has 0 saturated carbocycles. The van der Waals surface area contributed by atoms with Gasteiger partial charge in [0, 0.05) is 57.3 Å². The summed E-state index contributed by atoms with van der Waals surface area (Å²) in [6, 6.07) is 14.3. The van der Waals surface area contributed by atoms with Crippen molar-refractivity contribution >= 4 is 11.3 Å². The lowest BCUT2D eigenvalue weighted by atomic mass is 10.1. The SMILES string of the molecule is Nc1cccc(CN2CCN(Cc3cn4ccccc4n3)CC2)c1. The average Bonchev–Trinajstić information content (AvgIpc) is 2.99. The van der Waals surface area contributed by atoms with Crippen molar-refractivity contribution in [3.8, 4) is 0 Å². The molecule has 0 amide bonds. The maximum Gasteiger partial charge on any atom is 0.137 e. The fourth-order valence-corrected chi connectivity index (χ4v) is 3.35. The average molecular weight is 321 g/mol. The molecule has 1 fully saturated rings. The molecule has 24 heavy (non-hydrogen) atoms. The maximum atomic E-state index is 5.87. The van der Waals surface area contributed by atoms with E-state index in [0.717, 1.165) is 56.3 Å². The van der Waals surface area contributed by atoms with E-state index < -0.39 is 0 Å². The first-order valence-corrected chi connectivity index (χ1v) is 8.48. The van der Waals surface area contributed by atoms with Gasteiger partial charge in [-0.25, -0.2) is 4.98 Å². The lowest BCUT2D eigenvalue weighted by molar-refractivity contribution is 0.121. The fourth-order valence-electron chi connectivity index (χ4n) is 3.35. The number of fused-ring (bicyclic) bond motifs is 1. The van der Waals surface area contributed by atoms with Crippen LogP contribution in [0.2, 0.25) is 0 Å². The molecule has 1 aromatic carbocycles. The molecular formula is C19H23N5. The monoisotopic (exact) mass is 321 g/mol. The molecule has 2 aromatic heterocycles. The van der Waals surface area contributed by atoms with Crippen molar-refractivity contribution in [3.63, 3.8) is 0 Å². The van der Waals surface area contributed by atoms with Gasteiger partial charge in [0.2, 0.25) is 0 Å². The summed E-state index contributed by atoms with van der Waals surface area (Å²) in [4.78, 5) is 9.68. The fraction of sp³-hybridized carbons (Fsp3) is 0.316. The van der Waals surface area contributed by atoms with Crippen LogP contribution in [0.25, 0.3) is 5.65 Å². The summed E-state index contributed by atoms with van der Waals surface area (Å²) in [6.45, 7) is 6.23. The largest absolute Gasteiger partial charge is 0.399 e. The van der Waals surface area contributed by atoms with E-state index in [4.69, 9.17) is 10.7 Å². The van der Waals surface area contributed by atoms with Crippen LogP contribution in [0.4, 0.5) is 5.69 Å². The van der Waals surface area contributed by atoms with Crippen LogP contribution in [0.15, 0.2) is 54.9 Å². The highest BCUT2D eigenvalue weighted by molar-refractivity contribution is 5.40. The van der Waals surface area contributed by atoms with Crippen LogP contribution in [-0.2, 0) is 13.1 Å².